The van der Waals surface area contributed by atoms with E-state index in [1.54, 1.807) is 20.1 Å². The molecule has 1 saturated heterocycles. The van der Waals surface area contributed by atoms with E-state index < -0.39 is 0 Å². The first-order chi connectivity index (χ1) is 12.0. The molecule has 2 heterocycles. The molecular formula is C19H27N3O3. The molecule has 0 bridgehead atoms. The van der Waals surface area contributed by atoms with Crippen LogP contribution in [0, 0.1) is 0 Å². The Morgan fingerprint density at radius 1 is 1.32 bits per heavy atom. The van der Waals surface area contributed by atoms with Gasteiger partial charge in [-0.3, -0.25) is 9.69 Å². The maximum Gasteiger partial charge on any atom is 0.147 e. The second-order valence-corrected chi connectivity index (χ2v) is 5.97. The molecule has 6 nitrogen and oxygen atoms in total. The average molecular weight is 345 g/mol. The van der Waals surface area contributed by atoms with Crippen LogP contribution in [0.1, 0.15) is 27.2 Å². The lowest BCUT2D eigenvalue weighted by Gasteiger charge is -2.16. The lowest BCUT2D eigenvalue weighted by atomic mass is 10.1. The van der Waals surface area contributed by atoms with Crippen LogP contribution in [0.3, 0.4) is 0 Å². The molecule has 2 aromatic rings. The maximum absolute atomic E-state index is 11.7. The number of ether oxygens (including phenoxy) is 2. The van der Waals surface area contributed by atoms with Gasteiger partial charge in [0, 0.05) is 30.5 Å². The molecule has 0 saturated carbocycles. The highest BCUT2D eigenvalue weighted by Crippen LogP contribution is 2.32. The number of nitrogens with zero attached hydrogens (tertiary/aromatic N) is 2. The van der Waals surface area contributed by atoms with Gasteiger partial charge in [0.1, 0.15) is 29.2 Å². The summed E-state index contributed by atoms with van der Waals surface area (Å²) in [7, 11) is 3.56. The molecule has 25 heavy (non-hydrogen) atoms. The Morgan fingerprint density at radius 3 is 2.64 bits per heavy atom. The highest BCUT2D eigenvalue weighted by atomic mass is 16.5. The van der Waals surface area contributed by atoms with E-state index in [1.807, 2.05) is 44.0 Å². The van der Waals surface area contributed by atoms with Crippen molar-refractivity contribution in [2.75, 3.05) is 26.4 Å². The van der Waals surface area contributed by atoms with Crippen LogP contribution < -0.4 is 15.2 Å². The van der Waals surface area contributed by atoms with Gasteiger partial charge in [-0.25, -0.2) is 4.98 Å². The highest BCUT2D eigenvalue weighted by Gasteiger charge is 2.33. The van der Waals surface area contributed by atoms with Gasteiger partial charge in [-0.1, -0.05) is 13.8 Å². The summed E-state index contributed by atoms with van der Waals surface area (Å²) in [4.78, 5) is 18.0. The van der Waals surface area contributed by atoms with Gasteiger partial charge in [-0.05, 0) is 26.1 Å². The minimum absolute atomic E-state index is 0.0407. The van der Waals surface area contributed by atoms with Crippen molar-refractivity contribution in [3.05, 3.63) is 24.3 Å². The molecule has 0 spiro atoms. The Bertz CT molecular complexity index is 748. The Balaban J connectivity index is 0.00000109. The number of carbonyl (C=O) groups is 1. The molecule has 3 rings (SSSR count). The molecule has 2 unspecified atom stereocenters. The first kappa shape index (κ1) is 19.0. The third-order valence-electron chi connectivity index (χ3n) is 4.27. The second kappa shape index (κ2) is 8.16. The van der Waals surface area contributed by atoms with Gasteiger partial charge in [0.25, 0.3) is 0 Å². The molecule has 0 radical (unpaired) electrons. The van der Waals surface area contributed by atoms with Crippen LogP contribution >= 0.6 is 0 Å². The Hall–Kier alpha value is -2.34. The third kappa shape index (κ3) is 4.20. The molecule has 1 aliphatic rings. The quantitative estimate of drug-likeness (QED) is 0.918. The summed E-state index contributed by atoms with van der Waals surface area (Å²) in [5.74, 6) is 1.98. The van der Waals surface area contributed by atoms with E-state index in [-0.39, 0.29) is 17.9 Å². The largest absolute Gasteiger partial charge is 0.497 e. The third-order valence-corrected chi connectivity index (χ3v) is 4.27. The normalized spacial score (nSPS) is 20.0. The topological polar surface area (TPSA) is 77.7 Å². The minimum atomic E-state index is -0.0782. The van der Waals surface area contributed by atoms with Gasteiger partial charge in [-0.15, -0.1) is 0 Å². The maximum atomic E-state index is 11.7. The SMILES string of the molecule is CC.COc1ccc2c(OC3CC(C(C)=O)N(C)C3)cc(N)nc2c1. The number of ketones is 1. The second-order valence-electron chi connectivity index (χ2n) is 5.97. The number of benzene rings is 1. The number of rotatable bonds is 4. The fourth-order valence-corrected chi connectivity index (χ4v) is 3.11. The highest BCUT2D eigenvalue weighted by molar-refractivity contribution is 5.88. The van der Waals surface area contributed by atoms with Gasteiger partial charge < -0.3 is 15.2 Å². The molecule has 2 atom stereocenters. The summed E-state index contributed by atoms with van der Waals surface area (Å²) in [5, 5.41) is 0.883. The van der Waals surface area contributed by atoms with Crippen molar-refractivity contribution in [2.24, 2.45) is 0 Å². The monoisotopic (exact) mass is 345 g/mol. The summed E-state index contributed by atoms with van der Waals surface area (Å²) in [5.41, 5.74) is 6.63. The standard InChI is InChI=1S/C17H21N3O3.C2H6/c1-10(21)15-7-12(9-20(15)2)23-16-8-17(18)19-14-6-11(22-3)4-5-13(14)16;1-2/h4-6,8,12,15H,7,9H2,1-3H3,(H2,18,19);1-2H3. The summed E-state index contributed by atoms with van der Waals surface area (Å²) in [6.45, 7) is 6.33. The first-order valence-electron chi connectivity index (χ1n) is 8.59. The molecule has 0 aliphatic carbocycles. The number of methoxy groups -OCH3 is 1. The Morgan fingerprint density at radius 2 is 2.04 bits per heavy atom. The van der Waals surface area contributed by atoms with E-state index in [0.29, 0.717) is 24.5 Å². The number of hydrogen-bond acceptors (Lipinski definition) is 6. The van der Waals surface area contributed by atoms with E-state index in [4.69, 9.17) is 15.2 Å². The molecule has 0 amide bonds. The van der Waals surface area contributed by atoms with Crippen molar-refractivity contribution < 1.29 is 14.3 Å². The van der Waals surface area contributed by atoms with Crippen molar-refractivity contribution in [1.82, 2.24) is 9.88 Å². The van der Waals surface area contributed by atoms with Crippen LogP contribution in [-0.4, -0.2) is 48.5 Å². The fourth-order valence-electron chi connectivity index (χ4n) is 3.11. The van der Waals surface area contributed by atoms with Crippen molar-refractivity contribution in [2.45, 2.75) is 39.3 Å². The Labute approximate surface area is 148 Å². The zero-order chi connectivity index (χ0) is 18.6. The predicted octanol–water partition coefficient (Wildman–Crippen LogP) is 2.89. The molecule has 2 N–H and O–H groups in total. The van der Waals surface area contributed by atoms with E-state index in [9.17, 15) is 4.79 Å². The van der Waals surface area contributed by atoms with Gasteiger partial charge in [0.05, 0.1) is 18.7 Å². The molecule has 1 aromatic carbocycles. The zero-order valence-corrected chi connectivity index (χ0v) is 15.6. The van der Waals surface area contributed by atoms with Crippen LogP contribution in [0.15, 0.2) is 24.3 Å². The molecule has 136 valence electrons. The average Bonchev–Trinajstić information content (AvgIpc) is 2.96. The molecule has 1 aromatic heterocycles. The molecule has 1 fully saturated rings. The number of pyridine rings is 1. The molecule has 1 aliphatic heterocycles. The van der Waals surface area contributed by atoms with Crippen molar-refractivity contribution in [3.8, 4) is 11.5 Å². The number of fused-ring (bicyclic) bond motifs is 1. The van der Waals surface area contributed by atoms with Crippen molar-refractivity contribution in [3.63, 3.8) is 0 Å². The van der Waals surface area contributed by atoms with E-state index in [0.717, 1.165) is 16.7 Å². The number of hydrogen-bond donors (Lipinski definition) is 1. The fraction of sp³-hybridized carbons (Fsp3) is 0.474. The number of likely N-dealkylation sites (N-methyl/N-ethyl adjacent to an activating group) is 1. The van der Waals surface area contributed by atoms with Gasteiger partial charge in [-0.2, -0.15) is 0 Å². The number of likely N-dealkylation sites (tertiary alicyclic amines) is 1. The summed E-state index contributed by atoms with van der Waals surface area (Å²) in [6, 6.07) is 7.27. The molecule has 6 heteroatoms. The van der Waals surface area contributed by atoms with Gasteiger partial charge in [0.15, 0.2) is 0 Å². The number of anilines is 1. The van der Waals surface area contributed by atoms with E-state index in [2.05, 4.69) is 4.98 Å². The van der Waals surface area contributed by atoms with Crippen LogP contribution in [-0.2, 0) is 4.79 Å². The van der Waals surface area contributed by atoms with Gasteiger partial charge >= 0.3 is 0 Å². The predicted molar refractivity (Wildman–Crippen MR) is 100 cm³/mol. The number of carbonyl (C=O) groups excluding carboxylic acids is 1. The first-order valence-corrected chi connectivity index (χ1v) is 8.59. The Kier molecular flexibility index (Phi) is 6.20. The smallest absolute Gasteiger partial charge is 0.147 e. The number of nitrogens with two attached hydrogens (primary N) is 1. The van der Waals surface area contributed by atoms with Crippen LogP contribution in [0.25, 0.3) is 10.9 Å². The molecular weight excluding hydrogens is 318 g/mol. The zero-order valence-electron chi connectivity index (χ0n) is 15.6. The van der Waals surface area contributed by atoms with Crippen LogP contribution in [0.2, 0.25) is 0 Å². The van der Waals surface area contributed by atoms with Crippen molar-refractivity contribution in [1.29, 1.82) is 0 Å². The summed E-state index contributed by atoms with van der Waals surface area (Å²) >= 11 is 0. The van der Waals surface area contributed by atoms with Crippen molar-refractivity contribution >= 4 is 22.5 Å². The summed E-state index contributed by atoms with van der Waals surface area (Å²) in [6.07, 6.45) is 0.645. The van der Waals surface area contributed by atoms with Gasteiger partial charge in [0.2, 0.25) is 0 Å². The van der Waals surface area contributed by atoms with E-state index >= 15 is 0 Å². The van der Waals surface area contributed by atoms with Crippen LogP contribution in [0.4, 0.5) is 5.82 Å². The lowest BCUT2D eigenvalue weighted by molar-refractivity contribution is -0.120. The van der Waals surface area contributed by atoms with E-state index in [1.165, 1.54) is 0 Å². The lowest BCUT2D eigenvalue weighted by Crippen LogP contribution is -2.31. The number of aromatic nitrogens is 1. The minimum Gasteiger partial charge on any atom is -0.497 e. The van der Waals surface area contributed by atoms with Crippen LogP contribution in [0.5, 0.6) is 11.5 Å². The summed E-state index contributed by atoms with van der Waals surface area (Å²) < 4.78 is 11.4. The number of nitrogen functional groups attached to an aromatic ring is 1. The number of Topliss-reactive ketones (excluding diaryl/α,β-unsaturated/α-hetero) is 1.